The summed E-state index contributed by atoms with van der Waals surface area (Å²) in [5.74, 6) is 0. The van der Waals surface area contributed by atoms with Crippen LogP contribution in [0.2, 0.25) is 0 Å². The predicted molar refractivity (Wildman–Crippen MR) is 72.7 cm³/mol. The molecule has 2 nitrogen and oxygen atoms in total. The van der Waals surface area contributed by atoms with Gasteiger partial charge in [-0.05, 0) is 12.1 Å². The van der Waals surface area contributed by atoms with Crippen LogP contribution in [0.1, 0.15) is 31.1 Å². The SMILES string of the molecule is CC(C)(C)Sc1cccc2c(C=O)ccnc12. The van der Waals surface area contributed by atoms with Crippen LogP contribution in [0.3, 0.4) is 0 Å². The third kappa shape index (κ3) is 2.67. The summed E-state index contributed by atoms with van der Waals surface area (Å²) in [6.07, 6.45) is 2.58. The average Bonchev–Trinajstić information content (AvgIpc) is 2.27. The smallest absolute Gasteiger partial charge is 0.150 e. The van der Waals surface area contributed by atoms with Crippen molar-refractivity contribution in [1.82, 2.24) is 4.98 Å². The Balaban J connectivity index is 2.62. The summed E-state index contributed by atoms with van der Waals surface area (Å²) in [5, 5.41) is 0.928. The largest absolute Gasteiger partial charge is 0.298 e. The van der Waals surface area contributed by atoms with Crippen LogP contribution in [-0.4, -0.2) is 16.0 Å². The van der Waals surface area contributed by atoms with E-state index in [1.54, 1.807) is 24.0 Å². The maximum Gasteiger partial charge on any atom is 0.150 e. The molecule has 0 saturated heterocycles. The van der Waals surface area contributed by atoms with E-state index in [2.05, 4.69) is 31.8 Å². The number of pyridine rings is 1. The van der Waals surface area contributed by atoms with E-state index in [1.807, 2.05) is 12.1 Å². The first-order valence-electron chi connectivity index (χ1n) is 5.53. The molecule has 0 atom stereocenters. The van der Waals surface area contributed by atoms with Crippen molar-refractivity contribution in [2.24, 2.45) is 0 Å². The summed E-state index contributed by atoms with van der Waals surface area (Å²) in [6.45, 7) is 6.50. The Morgan fingerprint density at radius 1 is 1.24 bits per heavy atom. The van der Waals surface area contributed by atoms with Crippen molar-refractivity contribution in [2.45, 2.75) is 30.4 Å². The number of thioether (sulfide) groups is 1. The van der Waals surface area contributed by atoms with Gasteiger partial charge in [0.05, 0.1) is 5.52 Å². The van der Waals surface area contributed by atoms with Crippen LogP contribution in [0.15, 0.2) is 35.4 Å². The van der Waals surface area contributed by atoms with Crippen molar-refractivity contribution in [3.8, 4) is 0 Å². The summed E-state index contributed by atoms with van der Waals surface area (Å²) >= 11 is 1.77. The lowest BCUT2D eigenvalue weighted by Gasteiger charge is -2.18. The summed E-state index contributed by atoms with van der Waals surface area (Å²) in [6, 6.07) is 7.73. The number of fused-ring (bicyclic) bond motifs is 1. The Bertz CT molecular complexity index is 558. The lowest BCUT2D eigenvalue weighted by molar-refractivity contribution is 0.112. The maximum atomic E-state index is 11.0. The summed E-state index contributed by atoms with van der Waals surface area (Å²) in [7, 11) is 0. The van der Waals surface area contributed by atoms with Gasteiger partial charge >= 0.3 is 0 Å². The molecule has 88 valence electrons. The molecular weight excluding hydrogens is 230 g/mol. The van der Waals surface area contributed by atoms with E-state index in [9.17, 15) is 4.79 Å². The van der Waals surface area contributed by atoms with Gasteiger partial charge in [0, 0.05) is 26.8 Å². The van der Waals surface area contributed by atoms with Gasteiger partial charge in [0.15, 0.2) is 6.29 Å². The van der Waals surface area contributed by atoms with Gasteiger partial charge in [0.1, 0.15) is 0 Å². The molecule has 0 N–H and O–H groups in total. The third-order valence-corrected chi connectivity index (χ3v) is 3.47. The Labute approximate surface area is 105 Å². The van der Waals surface area contributed by atoms with E-state index < -0.39 is 0 Å². The molecule has 0 fully saturated rings. The number of rotatable bonds is 2. The monoisotopic (exact) mass is 245 g/mol. The van der Waals surface area contributed by atoms with Crippen LogP contribution < -0.4 is 0 Å². The molecular formula is C14H15NOS. The van der Waals surface area contributed by atoms with E-state index >= 15 is 0 Å². The number of hydrogen-bond donors (Lipinski definition) is 0. The minimum Gasteiger partial charge on any atom is -0.298 e. The number of aldehydes is 1. The quantitative estimate of drug-likeness (QED) is 0.593. The number of carbonyl (C=O) groups is 1. The molecule has 0 saturated carbocycles. The van der Waals surface area contributed by atoms with E-state index in [1.165, 1.54) is 0 Å². The van der Waals surface area contributed by atoms with E-state index in [4.69, 9.17) is 0 Å². The van der Waals surface area contributed by atoms with Crippen molar-refractivity contribution in [3.05, 3.63) is 36.0 Å². The van der Waals surface area contributed by atoms with Crippen molar-refractivity contribution in [1.29, 1.82) is 0 Å². The average molecular weight is 245 g/mol. The molecule has 0 aliphatic rings. The molecule has 0 aliphatic carbocycles. The fourth-order valence-electron chi connectivity index (χ4n) is 1.69. The van der Waals surface area contributed by atoms with Crippen molar-refractivity contribution < 1.29 is 4.79 Å². The molecule has 17 heavy (non-hydrogen) atoms. The molecule has 0 radical (unpaired) electrons. The number of benzene rings is 1. The number of para-hydroxylation sites is 1. The number of nitrogens with zero attached hydrogens (tertiary/aromatic N) is 1. The maximum absolute atomic E-state index is 11.0. The first-order chi connectivity index (χ1) is 8.01. The van der Waals surface area contributed by atoms with Crippen molar-refractivity contribution in [3.63, 3.8) is 0 Å². The van der Waals surface area contributed by atoms with Crippen LogP contribution in [0.25, 0.3) is 10.9 Å². The Kier molecular flexibility index (Phi) is 3.20. The zero-order chi connectivity index (χ0) is 12.5. The van der Waals surface area contributed by atoms with Gasteiger partial charge in [-0.15, -0.1) is 11.8 Å². The molecule has 1 aromatic carbocycles. The highest BCUT2D eigenvalue weighted by atomic mass is 32.2. The molecule has 0 amide bonds. The van der Waals surface area contributed by atoms with E-state index in [0.29, 0.717) is 5.56 Å². The van der Waals surface area contributed by atoms with Crippen molar-refractivity contribution in [2.75, 3.05) is 0 Å². The number of hydrogen-bond acceptors (Lipinski definition) is 3. The molecule has 0 unspecified atom stereocenters. The highest BCUT2D eigenvalue weighted by Gasteiger charge is 2.15. The van der Waals surface area contributed by atoms with Crippen LogP contribution >= 0.6 is 11.8 Å². The number of carbonyl (C=O) groups excluding carboxylic acids is 1. The molecule has 2 rings (SSSR count). The first-order valence-corrected chi connectivity index (χ1v) is 6.35. The standard InChI is InChI=1S/C14H15NOS/c1-14(2,3)17-12-6-4-5-11-10(9-16)7-8-15-13(11)12/h4-9H,1-3H3. The van der Waals surface area contributed by atoms with Gasteiger partial charge in [-0.2, -0.15) is 0 Å². The highest BCUT2D eigenvalue weighted by molar-refractivity contribution is 8.00. The summed E-state index contributed by atoms with van der Waals surface area (Å²) in [5.41, 5.74) is 1.61. The Morgan fingerprint density at radius 2 is 2.00 bits per heavy atom. The fourth-order valence-corrected chi connectivity index (χ4v) is 2.75. The second kappa shape index (κ2) is 4.49. The highest BCUT2D eigenvalue weighted by Crippen LogP contribution is 2.35. The topological polar surface area (TPSA) is 30.0 Å². The van der Waals surface area contributed by atoms with Gasteiger partial charge in [-0.1, -0.05) is 32.9 Å². The normalized spacial score (nSPS) is 11.7. The van der Waals surface area contributed by atoms with Crippen LogP contribution in [0.4, 0.5) is 0 Å². The lowest BCUT2D eigenvalue weighted by Crippen LogP contribution is -2.06. The molecule has 2 aromatic rings. The second-order valence-electron chi connectivity index (χ2n) is 4.88. The third-order valence-electron chi connectivity index (χ3n) is 2.31. The molecule has 0 bridgehead atoms. The van der Waals surface area contributed by atoms with Crippen LogP contribution in [0.5, 0.6) is 0 Å². The zero-order valence-corrected chi connectivity index (χ0v) is 11.0. The predicted octanol–water partition coefficient (Wildman–Crippen LogP) is 3.94. The Hall–Kier alpha value is -1.35. The van der Waals surface area contributed by atoms with Gasteiger partial charge in [-0.3, -0.25) is 9.78 Å². The van der Waals surface area contributed by atoms with Crippen LogP contribution in [0, 0.1) is 0 Å². The molecule has 1 aromatic heterocycles. The lowest BCUT2D eigenvalue weighted by atomic mass is 10.1. The van der Waals surface area contributed by atoms with Crippen LogP contribution in [-0.2, 0) is 0 Å². The van der Waals surface area contributed by atoms with E-state index in [0.717, 1.165) is 22.1 Å². The summed E-state index contributed by atoms with van der Waals surface area (Å²) < 4.78 is 0.132. The van der Waals surface area contributed by atoms with E-state index in [-0.39, 0.29) is 4.75 Å². The second-order valence-corrected chi connectivity index (χ2v) is 6.75. The van der Waals surface area contributed by atoms with Gasteiger partial charge in [0.25, 0.3) is 0 Å². The zero-order valence-electron chi connectivity index (χ0n) is 10.2. The first kappa shape index (κ1) is 12.1. The number of aromatic nitrogens is 1. The molecule has 0 aliphatic heterocycles. The van der Waals surface area contributed by atoms with Gasteiger partial charge in [-0.25, -0.2) is 0 Å². The van der Waals surface area contributed by atoms with Gasteiger partial charge < -0.3 is 0 Å². The van der Waals surface area contributed by atoms with Crippen molar-refractivity contribution >= 4 is 29.0 Å². The summed E-state index contributed by atoms with van der Waals surface area (Å²) in [4.78, 5) is 16.5. The minimum atomic E-state index is 0.132. The minimum absolute atomic E-state index is 0.132. The Morgan fingerprint density at radius 3 is 2.65 bits per heavy atom. The molecule has 1 heterocycles. The molecule has 0 spiro atoms. The van der Waals surface area contributed by atoms with Gasteiger partial charge in [0.2, 0.25) is 0 Å². The fraction of sp³-hybridized carbons (Fsp3) is 0.286. The molecule has 3 heteroatoms.